The molecule has 1 heterocycles. The quantitative estimate of drug-likeness (QED) is 0.179. The molecule has 1 heteroatoms. The first kappa shape index (κ1) is 31.6. The Morgan fingerprint density at radius 1 is 0.630 bits per heavy atom. The molecule has 0 spiro atoms. The molecule has 5 atom stereocenters. The van der Waals surface area contributed by atoms with Crippen molar-refractivity contribution in [2.75, 3.05) is 0 Å². The molecule has 0 bridgehead atoms. The summed E-state index contributed by atoms with van der Waals surface area (Å²) in [4.78, 5) is 0. The van der Waals surface area contributed by atoms with Crippen LogP contribution in [0.4, 0.5) is 0 Å². The van der Waals surface area contributed by atoms with E-state index in [1.54, 1.807) is 0 Å². The van der Waals surface area contributed by atoms with E-state index in [9.17, 15) is 0 Å². The molecule has 0 amide bonds. The number of benzene rings is 6. The number of allylic oxidation sites excluding steroid dienone is 10. The third-order valence-electron chi connectivity index (χ3n) is 13.2. The van der Waals surface area contributed by atoms with Crippen molar-refractivity contribution in [3.63, 3.8) is 0 Å². The summed E-state index contributed by atoms with van der Waals surface area (Å²) in [5.41, 5.74) is 14.2. The predicted octanol–water partition coefficient (Wildman–Crippen LogP) is 14.1. The first-order valence-electron chi connectivity index (χ1n) is 19.6. The molecule has 0 radical (unpaired) electrons. The number of furan rings is 1. The Hall–Kier alpha value is -5.92. The summed E-state index contributed by atoms with van der Waals surface area (Å²) >= 11 is 0. The Kier molecular flexibility index (Phi) is 6.90. The van der Waals surface area contributed by atoms with Gasteiger partial charge in [-0.1, -0.05) is 179 Å². The fourth-order valence-corrected chi connectivity index (χ4v) is 10.7. The van der Waals surface area contributed by atoms with Crippen molar-refractivity contribution in [2.24, 2.45) is 17.3 Å². The van der Waals surface area contributed by atoms with E-state index in [-0.39, 0.29) is 11.3 Å². The highest BCUT2D eigenvalue weighted by atomic mass is 16.3. The summed E-state index contributed by atoms with van der Waals surface area (Å²) in [7, 11) is 0. The van der Waals surface area contributed by atoms with Crippen molar-refractivity contribution >= 4 is 38.1 Å². The van der Waals surface area contributed by atoms with Crippen molar-refractivity contribution in [1.29, 1.82) is 0 Å². The van der Waals surface area contributed by atoms with Gasteiger partial charge in [0, 0.05) is 39.3 Å². The van der Waals surface area contributed by atoms with Crippen LogP contribution < -0.4 is 0 Å². The summed E-state index contributed by atoms with van der Waals surface area (Å²) in [6, 6.07) is 43.2. The van der Waals surface area contributed by atoms with Crippen molar-refractivity contribution < 1.29 is 4.42 Å². The molecule has 0 aliphatic heterocycles. The Balaban J connectivity index is 1.17. The molecular weight excluding hydrogens is 653 g/mol. The minimum atomic E-state index is -0.225. The third-order valence-corrected chi connectivity index (χ3v) is 13.2. The summed E-state index contributed by atoms with van der Waals surface area (Å²) in [6.07, 6.45) is 19.6. The predicted molar refractivity (Wildman–Crippen MR) is 227 cm³/mol. The molecule has 0 saturated carbocycles. The Morgan fingerprint density at radius 2 is 1.37 bits per heavy atom. The van der Waals surface area contributed by atoms with Crippen LogP contribution in [0.5, 0.6) is 0 Å². The fourth-order valence-electron chi connectivity index (χ4n) is 10.7. The summed E-state index contributed by atoms with van der Waals surface area (Å²) in [6.45, 7) is 7.19. The van der Waals surface area contributed by atoms with Gasteiger partial charge in [-0.15, -0.1) is 0 Å². The van der Waals surface area contributed by atoms with Gasteiger partial charge in [0.25, 0.3) is 0 Å². The summed E-state index contributed by atoms with van der Waals surface area (Å²) < 4.78 is 7.15. The van der Waals surface area contributed by atoms with Gasteiger partial charge >= 0.3 is 0 Å². The number of fused-ring (bicyclic) bond motifs is 10. The van der Waals surface area contributed by atoms with Gasteiger partial charge in [0.15, 0.2) is 0 Å². The van der Waals surface area contributed by atoms with E-state index in [2.05, 4.69) is 185 Å². The van der Waals surface area contributed by atoms with Crippen molar-refractivity contribution in [2.45, 2.75) is 39.0 Å². The lowest BCUT2D eigenvalue weighted by molar-refractivity contribution is 0.443. The van der Waals surface area contributed by atoms with Crippen LogP contribution in [0.1, 0.15) is 60.4 Å². The van der Waals surface area contributed by atoms with Gasteiger partial charge in [0.2, 0.25) is 0 Å². The van der Waals surface area contributed by atoms with Gasteiger partial charge in [-0.25, -0.2) is 0 Å². The van der Waals surface area contributed by atoms with Crippen molar-refractivity contribution in [3.05, 3.63) is 197 Å². The first-order chi connectivity index (χ1) is 26.5. The molecule has 4 aliphatic rings. The van der Waals surface area contributed by atoms with Crippen LogP contribution in [0.3, 0.4) is 0 Å². The lowest BCUT2D eigenvalue weighted by atomic mass is 9.56. The van der Waals surface area contributed by atoms with Gasteiger partial charge in [0.1, 0.15) is 11.3 Å². The molecule has 0 fully saturated rings. The van der Waals surface area contributed by atoms with E-state index in [1.165, 1.54) is 77.0 Å². The van der Waals surface area contributed by atoms with Crippen LogP contribution >= 0.6 is 0 Å². The van der Waals surface area contributed by atoms with Crippen molar-refractivity contribution in [1.82, 2.24) is 0 Å². The summed E-state index contributed by atoms with van der Waals surface area (Å²) in [5.74, 6) is 2.28. The zero-order valence-corrected chi connectivity index (χ0v) is 31.0. The number of rotatable bonds is 3. The van der Waals surface area contributed by atoms with Gasteiger partial charge in [-0.2, -0.15) is 0 Å². The van der Waals surface area contributed by atoms with Gasteiger partial charge < -0.3 is 4.42 Å². The highest BCUT2D eigenvalue weighted by molar-refractivity contribution is 6.17. The van der Waals surface area contributed by atoms with Gasteiger partial charge in [0.05, 0.1) is 0 Å². The molecule has 11 rings (SSSR count). The molecule has 1 aromatic heterocycles. The van der Waals surface area contributed by atoms with E-state index in [1.807, 2.05) is 0 Å². The van der Waals surface area contributed by atoms with E-state index < -0.39 is 0 Å². The maximum atomic E-state index is 7.15. The van der Waals surface area contributed by atoms with Crippen LogP contribution in [-0.4, -0.2) is 0 Å². The third kappa shape index (κ3) is 4.39. The summed E-state index contributed by atoms with van der Waals surface area (Å²) in [5, 5.41) is 6.34. The smallest absolute Gasteiger partial charge is 0.143 e. The van der Waals surface area contributed by atoms with E-state index in [0.717, 1.165) is 23.3 Å². The molecule has 1 nitrogen and oxygen atoms in total. The first-order valence-corrected chi connectivity index (χ1v) is 19.6. The minimum absolute atomic E-state index is 0.135. The van der Waals surface area contributed by atoms with E-state index in [4.69, 9.17) is 4.42 Å². The average molecular weight is 695 g/mol. The average Bonchev–Trinajstić information content (AvgIpc) is 3.62. The van der Waals surface area contributed by atoms with E-state index >= 15 is 0 Å². The number of hydrogen-bond acceptors (Lipinski definition) is 1. The molecule has 6 aromatic carbocycles. The fraction of sp³-hybridized carbons (Fsp3) is 0.170. The maximum Gasteiger partial charge on any atom is 0.143 e. The normalized spacial score (nSPS) is 23.8. The van der Waals surface area contributed by atoms with Crippen LogP contribution in [0.2, 0.25) is 0 Å². The Morgan fingerprint density at radius 3 is 2.24 bits per heavy atom. The van der Waals surface area contributed by atoms with Crippen LogP contribution in [-0.2, 0) is 6.42 Å². The van der Waals surface area contributed by atoms with Gasteiger partial charge in [-0.05, 0) is 84.8 Å². The number of hydrogen-bond donors (Lipinski definition) is 0. The zero-order valence-electron chi connectivity index (χ0n) is 31.0. The Bertz CT molecular complexity index is 2870. The minimum Gasteiger partial charge on any atom is -0.455 e. The second-order valence-corrected chi connectivity index (χ2v) is 16.2. The SMILES string of the molecule is CC1Cc2ccccc2-c2oc3c(-c4ccc(C5c6ccccc6C(C6C=CC=CC6C)=C6C=CC=CC65C)c5ccccc45)cc4ccccc4c3c21. The molecule has 260 valence electrons. The lowest BCUT2D eigenvalue weighted by Crippen LogP contribution is -2.34. The van der Waals surface area contributed by atoms with Crippen LogP contribution in [0.15, 0.2) is 174 Å². The monoisotopic (exact) mass is 694 g/mol. The second-order valence-electron chi connectivity index (χ2n) is 16.2. The molecule has 5 unspecified atom stereocenters. The molecule has 0 N–H and O–H groups in total. The second kappa shape index (κ2) is 11.8. The Labute approximate surface area is 317 Å². The van der Waals surface area contributed by atoms with Crippen LogP contribution in [0, 0.1) is 17.3 Å². The maximum absolute atomic E-state index is 7.15. The lowest BCUT2D eigenvalue weighted by Gasteiger charge is -2.46. The highest BCUT2D eigenvalue weighted by Crippen LogP contribution is 2.59. The molecule has 0 saturated heterocycles. The zero-order chi connectivity index (χ0) is 36.1. The molecule has 4 aliphatic carbocycles. The van der Waals surface area contributed by atoms with Crippen LogP contribution in [0.25, 0.3) is 60.5 Å². The molecule has 7 aromatic rings. The molecule has 54 heavy (non-hydrogen) atoms. The topological polar surface area (TPSA) is 13.1 Å². The standard InChI is InChI=1S/C53H42O/c1-32-16-4-7-19-36(32)48-42-24-12-13-25-43(42)50(53(3)29-15-14-26-46(48)53)44-28-27-41(39-22-10-11-23-40(39)44)45-31-35-18-5-8-20-37(35)49-47-33(2)30-34-17-6-9-21-38(34)51(47)54-52(45)49/h4-29,31-33,36,50H,30H2,1-3H3. The van der Waals surface area contributed by atoms with E-state index in [0.29, 0.717) is 17.8 Å². The molecular formula is C53H42O. The largest absolute Gasteiger partial charge is 0.455 e. The van der Waals surface area contributed by atoms with Crippen molar-refractivity contribution in [3.8, 4) is 22.5 Å². The van der Waals surface area contributed by atoms with Gasteiger partial charge in [-0.3, -0.25) is 0 Å². The highest BCUT2D eigenvalue weighted by Gasteiger charge is 2.46.